The van der Waals surface area contributed by atoms with Crippen LogP contribution in [0.1, 0.15) is 6.92 Å². The maximum absolute atomic E-state index is 12.0. The molecule has 0 aromatic heterocycles. The van der Waals surface area contributed by atoms with E-state index in [0.29, 0.717) is 16.5 Å². The topological polar surface area (TPSA) is 83.3 Å². The average Bonchev–Trinajstić information content (AvgIpc) is 2.37. The highest BCUT2D eigenvalue weighted by Gasteiger charge is 2.29. The molecule has 0 heterocycles. The molecule has 0 atom stereocenters. The van der Waals surface area contributed by atoms with E-state index in [9.17, 15) is 18.1 Å². The summed E-state index contributed by atoms with van der Waals surface area (Å²) in [5.74, 6) is -0.258. The largest absolute Gasteiger partial charge is 0.437 e. The molecule has 1 amide bonds. The molecule has 6 nitrogen and oxygen atoms in total. The molecule has 0 unspecified atom stereocenters. The van der Waals surface area contributed by atoms with Gasteiger partial charge in [0.2, 0.25) is 13.0 Å². The Morgan fingerprint density at radius 1 is 1.10 bits per heavy atom. The summed E-state index contributed by atoms with van der Waals surface area (Å²) < 4.78 is 23.9. The number of sulfonamides is 1. The zero-order valence-corrected chi connectivity index (χ0v) is 11.8. The van der Waals surface area contributed by atoms with E-state index in [1.165, 1.54) is 19.1 Å². The lowest BCUT2D eigenvalue weighted by atomic mass is 10.1. The van der Waals surface area contributed by atoms with Gasteiger partial charge in [0.15, 0.2) is 0 Å². The molecule has 104 valence electrons. The van der Waals surface area contributed by atoms with Crippen LogP contribution in [0.15, 0.2) is 41.3 Å². The molecular weight excluding hydrogens is 280 g/mol. The molecule has 1 N–H and O–H groups in total. The minimum absolute atomic E-state index is 0.0765. The van der Waals surface area contributed by atoms with Crippen molar-refractivity contribution >= 4 is 32.4 Å². The molecule has 2 rings (SSSR count). The second-order valence-electron chi connectivity index (χ2n) is 4.25. The van der Waals surface area contributed by atoms with Gasteiger partial charge in [0.1, 0.15) is 9.06 Å². The zero-order valence-electron chi connectivity index (χ0n) is 11.0. The van der Waals surface area contributed by atoms with Crippen LogP contribution in [0.3, 0.4) is 0 Å². The maximum Gasteiger partial charge on any atom is 0.437 e. The molecule has 0 spiro atoms. The third-order valence-electron chi connectivity index (χ3n) is 2.81. The molecular formula is C13H13N2O4S+. The first-order chi connectivity index (χ1) is 9.34. The quantitative estimate of drug-likeness (QED) is 0.876. The van der Waals surface area contributed by atoms with E-state index in [1.54, 1.807) is 24.3 Å². The van der Waals surface area contributed by atoms with Crippen molar-refractivity contribution in [2.24, 2.45) is 0 Å². The van der Waals surface area contributed by atoms with Gasteiger partial charge in [-0.25, -0.2) is 0 Å². The van der Waals surface area contributed by atoms with Crippen LogP contribution in [0.5, 0.6) is 0 Å². The summed E-state index contributed by atoms with van der Waals surface area (Å²) in [6, 6.07) is 9.47. The lowest BCUT2D eigenvalue weighted by molar-refractivity contribution is -0.351. The molecule has 0 bridgehead atoms. The number of amides is 1. The number of hydrogen-bond acceptors (Lipinski definition) is 4. The third-order valence-corrected chi connectivity index (χ3v) is 4.40. The number of carbonyl (C=O) groups is 1. The standard InChI is InChI=1S/C13H12N2O4S/c1-9(16)14-12-7-3-6-11-10(12)5-4-8-13(11)20(18,19)15(2)17/h3-8H,1-2H3/p+1. The van der Waals surface area contributed by atoms with Crippen molar-refractivity contribution in [3.63, 3.8) is 0 Å². The lowest BCUT2D eigenvalue weighted by Crippen LogP contribution is -2.14. The summed E-state index contributed by atoms with van der Waals surface area (Å²) in [5.41, 5.74) is 0.501. The molecule has 0 aliphatic heterocycles. The van der Waals surface area contributed by atoms with Crippen molar-refractivity contribution in [3.8, 4) is 0 Å². The van der Waals surface area contributed by atoms with Gasteiger partial charge < -0.3 is 5.32 Å². The normalized spacial score (nSPS) is 11.3. The number of rotatable bonds is 3. The van der Waals surface area contributed by atoms with Crippen molar-refractivity contribution in [1.82, 2.24) is 0 Å². The summed E-state index contributed by atoms with van der Waals surface area (Å²) in [7, 11) is -3.15. The lowest BCUT2D eigenvalue weighted by Gasteiger charge is -2.08. The summed E-state index contributed by atoms with van der Waals surface area (Å²) >= 11 is 0. The Labute approximate surface area is 116 Å². The highest BCUT2D eigenvalue weighted by atomic mass is 32.2. The molecule has 2 aromatic rings. The molecule has 0 fully saturated rings. The fourth-order valence-corrected chi connectivity index (χ4v) is 2.93. The van der Waals surface area contributed by atoms with Crippen LogP contribution < -0.4 is 5.32 Å². The summed E-state index contributed by atoms with van der Waals surface area (Å²) in [6.07, 6.45) is 0. The van der Waals surface area contributed by atoms with Crippen molar-refractivity contribution < 1.29 is 17.4 Å². The van der Waals surface area contributed by atoms with Crippen molar-refractivity contribution in [2.75, 3.05) is 12.4 Å². The Bertz CT molecular complexity index is 812. The minimum atomic E-state index is -4.08. The van der Waals surface area contributed by atoms with E-state index in [2.05, 4.69) is 5.32 Å². The van der Waals surface area contributed by atoms with Gasteiger partial charge in [-0.1, -0.05) is 24.3 Å². The molecule has 0 radical (unpaired) electrons. The number of benzene rings is 2. The molecule has 2 aromatic carbocycles. The van der Waals surface area contributed by atoms with E-state index in [4.69, 9.17) is 0 Å². The number of fused-ring (bicyclic) bond motifs is 1. The average molecular weight is 293 g/mol. The van der Waals surface area contributed by atoms with Gasteiger partial charge >= 0.3 is 10.0 Å². The third kappa shape index (κ3) is 2.39. The summed E-state index contributed by atoms with van der Waals surface area (Å²) in [4.78, 5) is 22.3. The van der Waals surface area contributed by atoms with Crippen LogP contribution in [-0.2, 0) is 14.8 Å². The smallest absolute Gasteiger partial charge is 0.326 e. The molecule has 7 heteroatoms. The molecule has 0 saturated carbocycles. The highest BCUT2D eigenvalue weighted by Crippen LogP contribution is 2.29. The van der Waals surface area contributed by atoms with E-state index >= 15 is 0 Å². The predicted octanol–water partition coefficient (Wildman–Crippen LogP) is 1.90. The Morgan fingerprint density at radius 3 is 2.30 bits per heavy atom. The van der Waals surface area contributed by atoms with Gasteiger partial charge in [-0.15, -0.1) is 0 Å². The highest BCUT2D eigenvalue weighted by molar-refractivity contribution is 7.85. The fraction of sp³-hybridized carbons (Fsp3) is 0.154. The molecule has 0 aliphatic rings. The monoisotopic (exact) mass is 293 g/mol. The van der Waals surface area contributed by atoms with Crippen molar-refractivity contribution in [3.05, 3.63) is 41.3 Å². The van der Waals surface area contributed by atoms with Gasteiger partial charge in [-0.3, -0.25) is 4.79 Å². The number of nitrogens with one attached hydrogen (secondary N) is 1. The number of hydrogen-bond donors (Lipinski definition) is 1. The Hall–Kier alpha value is -2.28. The van der Waals surface area contributed by atoms with Crippen LogP contribution >= 0.6 is 0 Å². The SMILES string of the molecule is CC(=O)Nc1cccc2c(S(=O)(=O)[N+](C)=O)cccc12. The Kier molecular flexibility index (Phi) is 3.54. The molecule has 0 aliphatic carbocycles. The maximum atomic E-state index is 12.0. The van der Waals surface area contributed by atoms with E-state index < -0.39 is 10.0 Å². The Balaban J connectivity index is 2.78. The Morgan fingerprint density at radius 2 is 1.70 bits per heavy atom. The van der Waals surface area contributed by atoms with Crippen LogP contribution in [0.25, 0.3) is 10.8 Å². The second kappa shape index (κ2) is 5.01. The number of nitroso groups, excluding NO2 is 1. The van der Waals surface area contributed by atoms with Gasteiger partial charge in [-0.2, -0.15) is 8.42 Å². The number of nitrogens with zero attached hydrogens (tertiary/aromatic N) is 1. The number of anilines is 1. The first kappa shape index (κ1) is 14.1. The van der Waals surface area contributed by atoms with E-state index in [0.717, 1.165) is 7.05 Å². The van der Waals surface area contributed by atoms with Gasteiger partial charge in [0, 0.05) is 28.3 Å². The first-order valence-electron chi connectivity index (χ1n) is 5.79. The van der Waals surface area contributed by atoms with Crippen LogP contribution in [-0.4, -0.2) is 25.5 Å². The summed E-state index contributed by atoms with van der Waals surface area (Å²) in [6.45, 7) is 1.37. The van der Waals surface area contributed by atoms with Gasteiger partial charge in [0.25, 0.3) is 0 Å². The van der Waals surface area contributed by atoms with Crippen molar-refractivity contribution in [2.45, 2.75) is 11.8 Å². The van der Waals surface area contributed by atoms with Crippen LogP contribution in [0, 0.1) is 4.91 Å². The predicted molar refractivity (Wildman–Crippen MR) is 75.0 cm³/mol. The minimum Gasteiger partial charge on any atom is -0.326 e. The zero-order chi connectivity index (χ0) is 14.9. The van der Waals surface area contributed by atoms with Crippen LogP contribution in [0.2, 0.25) is 0 Å². The van der Waals surface area contributed by atoms with E-state index in [1.807, 2.05) is 0 Å². The number of carbonyl (C=O) groups excluding carboxylic acids is 1. The summed E-state index contributed by atoms with van der Waals surface area (Å²) in [5, 5.41) is 3.58. The van der Waals surface area contributed by atoms with Crippen molar-refractivity contribution in [1.29, 1.82) is 0 Å². The van der Waals surface area contributed by atoms with Crippen LogP contribution in [0.4, 0.5) is 5.69 Å². The fourth-order valence-electron chi connectivity index (χ4n) is 1.94. The van der Waals surface area contributed by atoms with Gasteiger partial charge in [-0.05, 0) is 12.1 Å². The van der Waals surface area contributed by atoms with Gasteiger partial charge in [0.05, 0.1) is 0 Å². The molecule has 0 saturated heterocycles. The second-order valence-corrected chi connectivity index (χ2v) is 6.16. The molecule has 20 heavy (non-hydrogen) atoms. The van der Waals surface area contributed by atoms with E-state index in [-0.39, 0.29) is 15.0 Å². The first-order valence-corrected chi connectivity index (χ1v) is 7.23.